The number of sulfone groups is 1. The van der Waals surface area contributed by atoms with Gasteiger partial charge < -0.3 is 0 Å². The molecule has 17 heavy (non-hydrogen) atoms. The Morgan fingerprint density at radius 3 is 2.29 bits per heavy atom. The Bertz CT molecular complexity index is 578. The van der Waals surface area contributed by atoms with Gasteiger partial charge in [-0.25, -0.2) is 8.42 Å². The van der Waals surface area contributed by atoms with Gasteiger partial charge in [-0.2, -0.15) is 0 Å². The van der Waals surface area contributed by atoms with Crippen molar-refractivity contribution in [1.82, 2.24) is 0 Å². The van der Waals surface area contributed by atoms with E-state index >= 15 is 0 Å². The smallest absolute Gasteiger partial charge is 0.176 e. The summed E-state index contributed by atoms with van der Waals surface area (Å²) >= 11 is 0. The lowest BCUT2D eigenvalue weighted by Gasteiger charge is -2.07. The number of hydrogen-bond donors (Lipinski definition) is 0. The first-order chi connectivity index (χ1) is 7.82. The third-order valence-corrected chi connectivity index (χ3v) is 3.36. The Morgan fingerprint density at radius 2 is 1.76 bits per heavy atom. The predicted molar refractivity (Wildman–Crippen MR) is 72.5 cm³/mol. The maximum Gasteiger partial charge on any atom is 0.176 e. The van der Waals surface area contributed by atoms with Crippen molar-refractivity contribution in [2.24, 2.45) is 0 Å². The molecule has 0 spiro atoms. The van der Waals surface area contributed by atoms with Gasteiger partial charge in [-0.3, -0.25) is 0 Å². The van der Waals surface area contributed by atoms with Crippen molar-refractivity contribution in [3.8, 4) is 0 Å². The zero-order valence-electron chi connectivity index (χ0n) is 10.1. The maximum absolute atomic E-state index is 11.6. The minimum Gasteiger partial charge on any atom is -0.224 e. The van der Waals surface area contributed by atoms with Crippen LogP contribution in [0.4, 0.5) is 0 Å². The topological polar surface area (TPSA) is 34.1 Å². The summed E-state index contributed by atoms with van der Waals surface area (Å²) < 4.78 is 23.2. The van der Waals surface area contributed by atoms with Gasteiger partial charge in [0.05, 0.1) is 4.90 Å². The molecule has 0 amide bonds. The van der Waals surface area contributed by atoms with Crippen LogP contribution >= 0.6 is 0 Å². The Hall–Kier alpha value is -1.61. The molecule has 90 valence electrons. The van der Waals surface area contributed by atoms with Crippen LogP contribution in [0.2, 0.25) is 0 Å². The highest BCUT2D eigenvalue weighted by atomic mass is 32.2. The summed E-state index contributed by atoms with van der Waals surface area (Å²) in [5.41, 5.74) is 2.18. The standard InChI is InChI=1S/C14H16O2S/c1-11(2)9-10-12(3)13-7-5-6-8-14(13)17(4,15)16/h5-10H,1,3H2,2,4H3/b10-9-. The Balaban J connectivity index is 3.24. The summed E-state index contributed by atoms with van der Waals surface area (Å²) in [7, 11) is -3.23. The summed E-state index contributed by atoms with van der Waals surface area (Å²) in [4.78, 5) is 0.302. The van der Waals surface area contributed by atoms with Crippen LogP contribution in [0.3, 0.4) is 0 Å². The zero-order valence-corrected chi connectivity index (χ0v) is 10.9. The molecule has 3 heteroatoms. The lowest BCUT2D eigenvalue weighted by atomic mass is 10.1. The zero-order chi connectivity index (χ0) is 13.1. The van der Waals surface area contributed by atoms with E-state index < -0.39 is 9.84 Å². The van der Waals surface area contributed by atoms with E-state index in [9.17, 15) is 8.42 Å². The molecule has 0 aliphatic rings. The fourth-order valence-electron chi connectivity index (χ4n) is 1.39. The van der Waals surface area contributed by atoms with Crippen LogP contribution in [0.15, 0.2) is 60.0 Å². The summed E-state index contributed by atoms with van der Waals surface area (Å²) in [5, 5.41) is 0. The van der Waals surface area contributed by atoms with E-state index in [1.807, 2.05) is 6.92 Å². The fourth-order valence-corrected chi connectivity index (χ4v) is 2.31. The van der Waals surface area contributed by atoms with Gasteiger partial charge in [0.25, 0.3) is 0 Å². The molecule has 0 aliphatic heterocycles. The van der Waals surface area contributed by atoms with Crippen LogP contribution in [-0.2, 0) is 9.84 Å². The van der Waals surface area contributed by atoms with E-state index in [2.05, 4.69) is 13.2 Å². The molecule has 0 unspecified atom stereocenters. The van der Waals surface area contributed by atoms with Crippen molar-refractivity contribution in [3.05, 3.63) is 60.7 Å². The second kappa shape index (κ2) is 5.15. The second-order valence-electron chi connectivity index (χ2n) is 3.97. The average molecular weight is 248 g/mol. The highest BCUT2D eigenvalue weighted by Crippen LogP contribution is 2.23. The number of allylic oxidation sites excluding steroid dienone is 4. The van der Waals surface area contributed by atoms with Gasteiger partial charge in [0, 0.05) is 6.26 Å². The third kappa shape index (κ3) is 3.71. The van der Waals surface area contributed by atoms with Gasteiger partial charge in [-0.1, -0.05) is 49.1 Å². The van der Waals surface area contributed by atoms with Crippen LogP contribution in [0.1, 0.15) is 12.5 Å². The van der Waals surface area contributed by atoms with Crippen molar-refractivity contribution in [3.63, 3.8) is 0 Å². The molecular formula is C14H16O2S. The second-order valence-corrected chi connectivity index (χ2v) is 5.96. The lowest BCUT2D eigenvalue weighted by molar-refractivity contribution is 0.601. The molecule has 0 radical (unpaired) electrons. The normalized spacial score (nSPS) is 11.6. The van der Waals surface area contributed by atoms with Gasteiger partial charge in [-0.05, 0) is 24.1 Å². The fraction of sp³-hybridized carbons (Fsp3) is 0.143. The molecule has 0 N–H and O–H groups in total. The van der Waals surface area contributed by atoms with Crippen LogP contribution in [0.5, 0.6) is 0 Å². The molecular weight excluding hydrogens is 232 g/mol. The van der Waals surface area contributed by atoms with E-state index in [-0.39, 0.29) is 0 Å². The third-order valence-electron chi connectivity index (χ3n) is 2.20. The predicted octanol–water partition coefficient (Wildman–Crippen LogP) is 3.24. The quantitative estimate of drug-likeness (QED) is 0.767. The minimum absolute atomic E-state index is 0.302. The summed E-state index contributed by atoms with van der Waals surface area (Å²) in [6, 6.07) is 6.84. The van der Waals surface area contributed by atoms with Crippen LogP contribution in [0, 0.1) is 0 Å². The molecule has 1 aromatic carbocycles. The van der Waals surface area contributed by atoms with E-state index in [1.54, 1.807) is 36.4 Å². The number of benzene rings is 1. The molecule has 0 heterocycles. The number of rotatable bonds is 4. The van der Waals surface area contributed by atoms with E-state index in [0.717, 1.165) is 5.57 Å². The van der Waals surface area contributed by atoms with Gasteiger partial charge in [0.15, 0.2) is 9.84 Å². The maximum atomic E-state index is 11.6. The molecule has 0 atom stereocenters. The van der Waals surface area contributed by atoms with Crippen molar-refractivity contribution in [2.75, 3.05) is 6.26 Å². The van der Waals surface area contributed by atoms with E-state index in [4.69, 9.17) is 0 Å². The first-order valence-electron chi connectivity index (χ1n) is 5.14. The van der Waals surface area contributed by atoms with Crippen molar-refractivity contribution in [1.29, 1.82) is 0 Å². The van der Waals surface area contributed by atoms with Gasteiger partial charge in [0.2, 0.25) is 0 Å². The van der Waals surface area contributed by atoms with Gasteiger partial charge in [-0.15, -0.1) is 0 Å². The lowest BCUT2D eigenvalue weighted by Crippen LogP contribution is -2.00. The van der Waals surface area contributed by atoms with E-state index in [1.165, 1.54) is 6.26 Å². The first-order valence-corrected chi connectivity index (χ1v) is 7.03. The molecule has 0 aliphatic carbocycles. The van der Waals surface area contributed by atoms with Crippen LogP contribution < -0.4 is 0 Å². The molecule has 0 saturated carbocycles. The van der Waals surface area contributed by atoms with Gasteiger partial charge in [0.1, 0.15) is 0 Å². The largest absolute Gasteiger partial charge is 0.224 e. The van der Waals surface area contributed by atoms with Crippen LogP contribution in [0.25, 0.3) is 5.57 Å². The molecule has 0 aromatic heterocycles. The Labute approximate surface area is 103 Å². The molecule has 1 rings (SSSR count). The Morgan fingerprint density at radius 1 is 1.18 bits per heavy atom. The molecule has 0 fully saturated rings. The number of hydrogen-bond acceptors (Lipinski definition) is 2. The Kier molecular flexibility index (Phi) is 4.07. The van der Waals surface area contributed by atoms with E-state index in [0.29, 0.717) is 16.0 Å². The highest BCUT2D eigenvalue weighted by molar-refractivity contribution is 7.90. The van der Waals surface area contributed by atoms with Gasteiger partial charge >= 0.3 is 0 Å². The SMILES string of the molecule is C=C(C)/C=C\C(=C)c1ccccc1S(C)(=O)=O. The minimum atomic E-state index is -3.23. The molecule has 1 aromatic rings. The van der Waals surface area contributed by atoms with Crippen LogP contribution in [-0.4, -0.2) is 14.7 Å². The van der Waals surface area contributed by atoms with Crippen molar-refractivity contribution in [2.45, 2.75) is 11.8 Å². The highest BCUT2D eigenvalue weighted by Gasteiger charge is 2.12. The molecule has 2 nitrogen and oxygen atoms in total. The summed E-state index contributed by atoms with van der Waals surface area (Å²) in [6.45, 7) is 9.49. The summed E-state index contributed by atoms with van der Waals surface area (Å²) in [6.07, 6.45) is 4.77. The van der Waals surface area contributed by atoms with Crippen molar-refractivity contribution < 1.29 is 8.42 Å². The average Bonchev–Trinajstić information content (AvgIpc) is 2.24. The summed E-state index contributed by atoms with van der Waals surface area (Å²) in [5.74, 6) is 0. The molecule has 0 saturated heterocycles. The molecule has 0 bridgehead atoms. The van der Waals surface area contributed by atoms with Crippen molar-refractivity contribution >= 4 is 15.4 Å². The first kappa shape index (κ1) is 13.5. The monoisotopic (exact) mass is 248 g/mol.